The Morgan fingerprint density at radius 1 is 1.10 bits per heavy atom. The highest BCUT2D eigenvalue weighted by Crippen LogP contribution is 2.24. The zero-order valence-corrected chi connectivity index (χ0v) is 11.5. The van der Waals surface area contributed by atoms with Crippen LogP contribution in [-0.4, -0.2) is 13.7 Å². The van der Waals surface area contributed by atoms with Crippen molar-refractivity contribution in [3.8, 4) is 17.6 Å². The van der Waals surface area contributed by atoms with Gasteiger partial charge in [-0.1, -0.05) is 30.3 Å². The smallest absolute Gasteiger partial charge is 0.140 e. The number of aryl methyl sites for hydroxylation is 1. The summed E-state index contributed by atoms with van der Waals surface area (Å²) in [4.78, 5) is 0. The molecule has 0 spiro atoms. The second kappa shape index (κ2) is 7.20. The Labute approximate surface area is 119 Å². The predicted octanol–water partition coefficient (Wildman–Crippen LogP) is 3.58. The summed E-state index contributed by atoms with van der Waals surface area (Å²) in [6.07, 6.45) is 1.87. The molecule has 0 heterocycles. The van der Waals surface area contributed by atoms with Crippen LogP contribution in [0.5, 0.6) is 11.5 Å². The Hall–Kier alpha value is -2.47. The summed E-state index contributed by atoms with van der Waals surface area (Å²) in [5.74, 6) is 1.28. The SMILES string of the molecule is COc1ccc(C#N)c(OCCCc2ccccc2)c1. The first-order chi connectivity index (χ1) is 9.83. The third kappa shape index (κ3) is 3.76. The second-order valence-electron chi connectivity index (χ2n) is 4.41. The monoisotopic (exact) mass is 267 g/mol. The van der Waals surface area contributed by atoms with Gasteiger partial charge in [-0.15, -0.1) is 0 Å². The quantitative estimate of drug-likeness (QED) is 0.751. The molecule has 0 aliphatic rings. The van der Waals surface area contributed by atoms with Crippen LogP contribution in [0, 0.1) is 11.3 Å². The molecule has 0 fully saturated rings. The molecule has 0 aliphatic carbocycles. The zero-order valence-electron chi connectivity index (χ0n) is 11.5. The van der Waals surface area contributed by atoms with Gasteiger partial charge < -0.3 is 9.47 Å². The summed E-state index contributed by atoms with van der Waals surface area (Å²) in [5.41, 5.74) is 1.83. The standard InChI is InChI=1S/C17H17NO2/c1-19-16-10-9-15(13-18)17(12-16)20-11-5-8-14-6-3-2-4-7-14/h2-4,6-7,9-10,12H,5,8,11H2,1H3. The van der Waals surface area contributed by atoms with Crippen molar-refractivity contribution in [3.05, 3.63) is 59.7 Å². The van der Waals surface area contributed by atoms with Crippen molar-refractivity contribution in [1.29, 1.82) is 5.26 Å². The summed E-state index contributed by atoms with van der Waals surface area (Å²) in [6, 6.07) is 17.6. The average molecular weight is 267 g/mol. The van der Waals surface area contributed by atoms with Gasteiger partial charge in [0.2, 0.25) is 0 Å². The molecule has 0 saturated heterocycles. The number of ether oxygens (including phenoxy) is 2. The molecular formula is C17H17NO2. The third-order valence-electron chi connectivity index (χ3n) is 3.02. The molecule has 0 radical (unpaired) electrons. The van der Waals surface area contributed by atoms with E-state index >= 15 is 0 Å². The van der Waals surface area contributed by atoms with Crippen molar-refractivity contribution in [2.24, 2.45) is 0 Å². The molecule has 0 unspecified atom stereocenters. The predicted molar refractivity (Wildman–Crippen MR) is 78.0 cm³/mol. The lowest BCUT2D eigenvalue weighted by Gasteiger charge is -2.09. The summed E-state index contributed by atoms with van der Waals surface area (Å²) < 4.78 is 10.8. The van der Waals surface area contributed by atoms with Gasteiger partial charge in [-0.25, -0.2) is 0 Å². The van der Waals surface area contributed by atoms with Gasteiger partial charge in [0.1, 0.15) is 17.6 Å². The molecule has 0 atom stereocenters. The van der Waals surface area contributed by atoms with Gasteiger partial charge in [0.05, 0.1) is 19.3 Å². The summed E-state index contributed by atoms with van der Waals surface area (Å²) in [7, 11) is 1.60. The van der Waals surface area contributed by atoms with Crippen LogP contribution in [0.1, 0.15) is 17.5 Å². The van der Waals surface area contributed by atoms with Crippen molar-refractivity contribution in [3.63, 3.8) is 0 Å². The number of hydrogen-bond donors (Lipinski definition) is 0. The minimum absolute atomic E-state index is 0.533. The van der Waals surface area contributed by atoms with Gasteiger partial charge in [-0.05, 0) is 30.5 Å². The lowest BCUT2D eigenvalue weighted by Crippen LogP contribution is -2.01. The Morgan fingerprint density at radius 2 is 1.90 bits per heavy atom. The van der Waals surface area contributed by atoms with E-state index in [2.05, 4.69) is 18.2 Å². The van der Waals surface area contributed by atoms with Crippen molar-refractivity contribution in [2.75, 3.05) is 13.7 Å². The van der Waals surface area contributed by atoms with Crippen LogP contribution < -0.4 is 9.47 Å². The molecule has 3 heteroatoms. The van der Waals surface area contributed by atoms with Crippen LogP contribution in [0.15, 0.2) is 48.5 Å². The fraction of sp³-hybridized carbons (Fsp3) is 0.235. The molecule has 102 valence electrons. The molecule has 3 nitrogen and oxygen atoms in total. The Kier molecular flexibility index (Phi) is 5.02. The summed E-state index contributed by atoms with van der Waals surface area (Å²) in [5, 5.41) is 9.05. The fourth-order valence-electron chi connectivity index (χ4n) is 1.94. The van der Waals surface area contributed by atoms with Crippen molar-refractivity contribution < 1.29 is 9.47 Å². The van der Waals surface area contributed by atoms with E-state index < -0.39 is 0 Å². The first-order valence-corrected chi connectivity index (χ1v) is 6.58. The van der Waals surface area contributed by atoms with E-state index in [0.29, 0.717) is 23.7 Å². The van der Waals surface area contributed by atoms with Crippen LogP contribution in [-0.2, 0) is 6.42 Å². The van der Waals surface area contributed by atoms with E-state index in [9.17, 15) is 0 Å². The van der Waals surface area contributed by atoms with Crippen molar-refractivity contribution in [2.45, 2.75) is 12.8 Å². The molecule has 0 amide bonds. The number of methoxy groups -OCH3 is 1. The summed E-state index contributed by atoms with van der Waals surface area (Å²) in [6.45, 7) is 0.580. The van der Waals surface area contributed by atoms with E-state index in [1.165, 1.54) is 5.56 Å². The van der Waals surface area contributed by atoms with Crippen LogP contribution in [0.3, 0.4) is 0 Å². The molecule has 0 aromatic heterocycles. The van der Waals surface area contributed by atoms with E-state index in [1.807, 2.05) is 18.2 Å². The van der Waals surface area contributed by atoms with Crippen molar-refractivity contribution in [1.82, 2.24) is 0 Å². The lowest BCUT2D eigenvalue weighted by molar-refractivity contribution is 0.307. The number of hydrogen-bond acceptors (Lipinski definition) is 3. The largest absolute Gasteiger partial charge is 0.497 e. The maximum Gasteiger partial charge on any atom is 0.140 e. The van der Waals surface area contributed by atoms with Crippen LogP contribution in [0.2, 0.25) is 0 Å². The van der Waals surface area contributed by atoms with Crippen molar-refractivity contribution >= 4 is 0 Å². The molecule has 20 heavy (non-hydrogen) atoms. The van der Waals surface area contributed by atoms with Crippen LogP contribution >= 0.6 is 0 Å². The highest BCUT2D eigenvalue weighted by molar-refractivity contribution is 5.47. The zero-order chi connectivity index (χ0) is 14.2. The van der Waals surface area contributed by atoms with Gasteiger partial charge in [0.15, 0.2) is 0 Å². The molecule has 0 bridgehead atoms. The Bertz CT molecular complexity index is 588. The highest BCUT2D eigenvalue weighted by Gasteiger charge is 2.05. The maximum absolute atomic E-state index is 9.05. The minimum Gasteiger partial charge on any atom is -0.497 e. The molecule has 2 rings (SSSR count). The lowest BCUT2D eigenvalue weighted by atomic mass is 10.1. The fourth-order valence-corrected chi connectivity index (χ4v) is 1.94. The first kappa shape index (κ1) is 14.0. The topological polar surface area (TPSA) is 42.2 Å². The minimum atomic E-state index is 0.533. The van der Waals surface area contributed by atoms with E-state index in [1.54, 1.807) is 25.3 Å². The van der Waals surface area contributed by atoms with Gasteiger partial charge in [0.25, 0.3) is 0 Å². The van der Waals surface area contributed by atoms with Crippen LogP contribution in [0.25, 0.3) is 0 Å². The number of rotatable bonds is 6. The van der Waals surface area contributed by atoms with E-state index in [-0.39, 0.29) is 0 Å². The Morgan fingerprint density at radius 3 is 2.60 bits per heavy atom. The number of nitriles is 1. The molecule has 0 N–H and O–H groups in total. The van der Waals surface area contributed by atoms with E-state index in [4.69, 9.17) is 14.7 Å². The molecule has 2 aromatic carbocycles. The summed E-state index contributed by atoms with van der Waals surface area (Å²) >= 11 is 0. The van der Waals surface area contributed by atoms with Gasteiger partial charge in [0, 0.05) is 6.07 Å². The number of nitrogens with zero attached hydrogens (tertiary/aromatic N) is 1. The average Bonchev–Trinajstić information content (AvgIpc) is 2.52. The Balaban J connectivity index is 1.89. The third-order valence-corrected chi connectivity index (χ3v) is 3.02. The van der Waals surface area contributed by atoms with Crippen LogP contribution in [0.4, 0.5) is 0 Å². The van der Waals surface area contributed by atoms with Gasteiger partial charge >= 0.3 is 0 Å². The second-order valence-corrected chi connectivity index (χ2v) is 4.41. The van der Waals surface area contributed by atoms with Gasteiger partial charge in [-0.3, -0.25) is 0 Å². The number of benzene rings is 2. The van der Waals surface area contributed by atoms with Gasteiger partial charge in [-0.2, -0.15) is 5.26 Å². The molecular weight excluding hydrogens is 250 g/mol. The molecule has 0 aliphatic heterocycles. The van der Waals surface area contributed by atoms with E-state index in [0.717, 1.165) is 12.8 Å². The highest BCUT2D eigenvalue weighted by atomic mass is 16.5. The normalized spacial score (nSPS) is 9.80. The first-order valence-electron chi connectivity index (χ1n) is 6.58. The molecule has 2 aromatic rings. The molecule has 0 saturated carbocycles. The maximum atomic E-state index is 9.05.